The summed E-state index contributed by atoms with van der Waals surface area (Å²) in [6.07, 6.45) is 3.74. The largest absolute Gasteiger partial charge is 0.308 e. The second-order valence-electron chi connectivity index (χ2n) is 7.69. The predicted octanol–water partition coefficient (Wildman–Crippen LogP) is 3.45. The van der Waals surface area contributed by atoms with Crippen molar-refractivity contribution in [2.45, 2.75) is 48.9 Å². The lowest BCUT2D eigenvalue weighted by atomic mass is 10.2. The number of anilines is 1. The molecule has 1 N–H and O–H groups in total. The molecule has 1 aromatic heterocycles. The number of aromatic nitrogens is 1. The van der Waals surface area contributed by atoms with E-state index in [4.69, 9.17) is 0 Å². The molecule has 8 nitrogen and oxygen atoms in total. The summed E-state index contributed by atoms with van der Waals surface area (Å²) in [6.45, 7) is 3.38. The van der Waals surface area contributed by atoms with Crippen LogP contribution in [0.15, 0.2) is 57.1 Å². The van der Waals surface area contributed by atoms with E-state index in [1.165, 1.54) is 40.7 Å². The van der Waals surface area contributed by atoms with E-state index in [9.17, 15) is 21.6 Å². The second kappa shape index (κ2) is 8.97. The number of aryl methyl sites for hydroxylation is 1. The van der Waals surface area contributed by atoms with Gasteiger partial charge in [0.25, 0.3) is 10.0 Å². The zero-order valence-electron chi connectivity index (χ0n) is 17.7. The zero-order chi connectivity index (χ0) is 22.9. The normalized spacial score (nSPS) is 16.2. The van der Waals surface area contributed by atoms with E-state index in [2.05, 4.69) is 4.72 Å². The van der Waals surface area contributed by atoms with Gasteiger partial charge in [0.05, 0.1) is 20.0 Å². The van der Waals surface area contributed by atoms with Crippen LogP contribution >= 0.6 is 11.3 Å². The maximum atomic E-state index is 12.9. The lowest BCUT2D eigenvalue weighted by molar-refractivity contribution is 0.424. The zero-order valence-corrected chi connectivity index (χ0v) is 20.1. The SMILES string of the molecule is CCn1c(=O)sc2cc(S(=O)(=O)Nc3ccc(S(=O)(=O)N4CCCCCC4)cc3)ccc21. The average molecular weight is 496 g/mol. The topological polar surface area (TPSA) is 106 Å². The van der Waals surface area contributed by atoms with Crippen LogP contribution in [0.25, 0.3) is 10.2 Å². The number of nitrogens with zero attached hydrogens (tertiary/aromatic N) is 2. The Kier molecular flexibility index (Phi) is 6.44. The quantitative estimate of drug-likeness (QED) is 0.564. The molecule has 3 aromatic rings. The highest BCUT2D eigenvalue weighted by molar-refractivity contribution is 7.92. The monoisotopic (exact) mass is 495 g/mol. The highest BCUT2D eigenvalue weighted by Crippen LogP contribution is 2.25. The first-order valence-electron chi connectivity index (χ1n) is 10.5. The van der Waals surface area contributed by atoms with Crippen LogP contribution in [0.5, 0.6) is 0 Å². The number of rotatable bonds is 6. The summed E-state index contributed by atoms with van der Waals surface area (Å²) >= 11 is 1.00. The van der Waals surface area contributed by atoms with E-state index in [1.807, 2.05) is 6.92 Å². The van der Waals surface area contributed by atoms with Crippen LogP contribution in [0.1, 0.15) is 32.6 Å². The molecule has 0 unspecified atom stereocenters. The van der Waals surface area contributed by atoms with Gasteiger partial charge in [-0.15, -0.1) is 0 Å². The molecule has 0 atom stereocenters. The highest BCUT2D eigenvalue weighted by atomic mass is 32.2. The van der Waals surface area contributed by atoms with Crippen molar-refractivity contribution in [3.8, 4) is 0 Å². The van der Waals surface area contributed by atoms with Gasteiger partial charge in [-0.3, -0.25) is 14.1 Å². The summed E-state index contributed by atoms with van der Waals surface area (Å²) in [4.78, 5) is 12.1. The van der Waals surface area contributed by atoms with Crippen molar-refractivity contribution in [1.82, 2.24) is 8.87 Å². The van der Waals surface area contributed by atoms with Crippen LogP contribution in [-0.2, 0) is 26.6 Å². The van der Waals surface area contributed by atoms with Gasteiger partial charge in [-0.05, 0) is 62.2 Å². The van der Waals surface area contributed by atoms with Gasteiger partial charge in [0.2, 0.25) is 10.0 Å². The van der Waals surface area contributed by atoms with Gasteiger partial charge in [0.15, 0.2) is 0 Å². The highest BCUT2D eigenvalue weighted by Gasteiger charge is 2.25. The smallest absolute Gasteiger partial charge is 0.299 e. The first-order chi connectivity index (χ1) is 15.2. The molecular formula is C21H25N3O5S3. The van der Waals surface area contributed by atoms with Crippen molar-refractivity contribution in [3.05, 3.63) is 52.1 Å². The van der Waals surface area contributed by atoms with Crippen molar-refractivity contribution in [3.63, 3.8) is 0 Å². The molecule has 0 saturated carbocycles. The minimum Gasteiger partial charge on any atom is -0.299 e. The van der Waals surface area contributed by atoms with Gasteiger partial charge >= 0.3 is 4.87 Å². The average Bonchev–Trinajstić information content (AvgIpc) is 2.92. The predicted molar refractivity (Wildman–Crippen MR) is 126 cm³/mol. The summed E-state index contributed by atoms with van der Waals surface area (Å²) in [6, 6.07) is 10.3. The summed E-state index contributed by atoms with van der Waals surface area (Å²) in [5.74, 6) is 0. The molecule has 1 fully saturated rings. The molecule has 1 aliphatic heterocycles. The molecule has 0 spiro atoms. The van der Waals surface area contributed by atoms with E-state index < -0.39 is 20.0 Å². The standard InChI is InChI=1S/C21H25N3O5S3/c1-2-24-19-12-11-18(15-20(19)30-21(24)25)31(26,27)22-16-7-9-17(10-8-16)32(28,29)23-13-5-3-4-6-14-23/h7-12,15,22H,2-6,13-14H2,1H3. The summed E-state index contributed by atoms with van der Waals surface area (Å²) < 4.78 is 57.7. The Hall–Kier alpha value is -2.21. The van der Waals surface area contributed by atoms with Crippen LogP contribution in [0.2, 0.25) is 0 Å². The Balaban J connectivity index is 1.56. The third-order valence-corrected chi connectivity index (χ3v) is 9.81. The Morgan fingerprint density at radius 3 is 2.16 bits per heavy atom. The van der Waals surface area contributed by atoms with Crippen LogP contribution in [0.4, 0.5) is 5.69 Å². The molecule has 0 radical (unpaired) electrons. The molecule has 0 aliphatic carbocycles. The van der Waals surface area contributed by atoms with Crippen LogP contribution < -0.4 is 9.60 Å². The van der Waals surface area contributed by atoms with Crippen molar-refractivity contribution < 1.29 is 16.8 Å². The fraction of sp³-hybridized carbons (Fsp3) is 0.381. The van der Waals surface area contributed by atoms with E-state index in [1.54, 1.807) is 10.6 Å². The van der Waals surface area contributed by atoms with Crippen molar-refractivity contribution in [2.75, 3.05) is 17.8 Å². The second-order valence-corrected chi connectivity index (χ2v) is 12.3. The molecule has 2 heterocycles. The fourth-order valence-electron chi connectivity index (χ4n) is 3.85. The van der Waals surface area contributed by atoms with Gasteiger partial charge in [-0.2, -0.15) is 4.31 Å². The minimum atomic E-state index is -3.90. The molecule has 0 bridgehead atoms. The van der Waals surface area contributed by atoms with E-state index in [0.717, 1.165) is 37.0 Å². The number of hydrogen-bond donors (Lipinski definition) is 1. The molecule has 32 heavy (non-hydrogen) atoms. The fourth-order valence-corrected chi connectivity index (χ4v) is 7.52. The van der Waals surface area contributed by atoms with Crippen molar-refractivity contribution in [1.29, 1.82) is 0 Å². The molecular weight excluding hydrogens is 470 g/mol. The summed E-state index contributed by atoms with van der Waals surface area (Å²) in [5.41, 5.74) is 0.962. The lowest BCUT2D eigenvalue weighted by Gasteiger charge is -2.20. The maximum Gasteiger partial charge on any atom is 0.308 e. The van der Waals surface area contributed by atoms with Gasteiger partial charge < -0.3 is 0 Å². The van der Waals surface area contributed by atoms with Gasteiger partial charge in [-0.25, -0.2) is 16.8 Å². The minimum absolute atomic E-state index is 0.0377. The molecule has 2 aromatic carbocycles. The number of sulfonamides is 2. The van der Waals surface area contributed by atoms with Crippen molar-refractivity contribution >= 4 is 47.3 Å². The third kappa shape index (κ3) is 4.47. The van der Waals surface area contributed by atoms with Gasteiger partial charge in [0, 0.05) is 25.3 Å². The Morgan fingerprint density at radius 1 is 0.906 bits per heavy atom. The first-order valence-corrected chi connectivity index (χ1v) is 14.2. The third-order valence-electron chi connectivity index (χ3n) is 5.58. The van der Waals surface area contributed by atoms with Crippen molar-refractivity contribution in [2.24, 2.45) is 0 Å². The van der Waals surface area contributed by atoms with E-state index >= 15 is 0 Å². The van der Waals surface area contributed by atoms with E-state index in [-0.39, 0.29) is 20.4 Å². The molecule has 172 valence electrons. The Morgan fingerprint density at radius 2 is 1.53 bits per heavy atom. The number of thiazole rings is 1. The van der Waals surface area contributed by atoms with Crippen LogP contribution in [0.3, 0.4) is 0 Å². The Labute approximate surface area is 191 Å². The van der Waals surface area contributed by atoms with Crippen LogP contribution in [-0.4, -0.2) is 38.8 Å². The number of fused-ring (bicyclic) bond motifs is 1. The van der Waals surface area contributed by atoms with E-state index in [0.29, 0.717) is 29.9 Å². The molecule has 1 aliphatic rings. The van der Waals surface area contributed by atoms with Crippen LogP contribution in [0, 0.1) is 0 Å². The number of nitrogens with one attached hydrogen (secondary N) is 1. The summed E-state index contributed by atoms with van der Waals surface area (Å²) in [7, 11) is -7.50. The first kappa shape index (κ1) is 23.0. The summed E-state index contributed by atoms with van der Waals surface area (Å²) in [5, 5.41) is 0. The number of benzene rings is 2. The maximum absolute atomic E-state index is 12.9. The van der Waals surface area contributed by atoms with Gasteiger partial charge in [0.1, 0.15) is 0 Å². The van der Waals surface area contributed by atoms with Gasteiger partial charge in [-0.1, -0.05) is 24.2 Å². The molecule has 4 rings (SSSR count). The molecule has 1 saturated heterocycles. The molecule has 11 heteroatoms. The molecule has 0 amide bonds. The lowest BCUT2D eigenvalue weighted by Crippen LogP contribution is -2.31. The Bertz CT molecular complexity index is 1380. The number of hydrogen-bond acceptors (Lipinski definition) is 6.